The van der Waals surface area contributed by atoms with Crippen LogP contribution >= 0.6 is 0 Å². The molecule has 0 saturated carbocycles. The predicted octanol–water partition coefficient (Wildman–Crippen LogP) is 3.25. The molecule has 0 aliphatic rings. The first kappa shape index (κ1) is 14.6. The molecule has 0 unspecified atom stereocenters. The fraction of sp³-hybridized carbons (Fsp3) is 0.133. The summed E-state index contributed by atoms with van der Waals surface area (Å²) < 4.78 is 18.8. The quantitative estimate of drug-likeness (QED) is 0.736. The number of nitrogens with one attached hydrogen (secondary N) is 1. The van der Waals surface area contributed by atoms with Crippen molar-refractivity contribution in [1.82, 2.24) is 0 Å². The second-order valence-corrected chi connectivity index (χ2v) is 4.31. The van der Waals surface area contributed by atoms with Crippen molar-refractivity contribution in [2.75, 3.05) is 17.7 Å². The fourth-order valence-corrected chi connectivity index (χ4v) is 1.85. The van der Waals surface area contributed by atoms with Gasteiger partial charge in [0.15, 0.2) is 11.6 Å². The van der Waals surface area contributed by atoms with E-state index in [4.69, 9.17) is 15.6 Å². The first-order valence-electron chi connectivity index (χ1n) is 6.33. The topological polar surface area (TPSA) is 84.6 Å². The van der Waals surface area contributed by atoms with Crippen molar-refractivity contribution in [3.63, 3.8) is 0 Å². The van der Waals surface area contributed by atoms with Crippen LogP contribution in [0.25, 0.3) is 0 Å². The van der Waals surface area contributed by atoms with Gasteiger partial charge in [-0.1, -0.05) is 0 Å². The van der Waals surface area contributed by atoms with E-state index in [-0.39, 0.29) is 17.0 Å². The lowest BCUT2D eigenvalue weighted by Crippen LogP contribution is -2.03. The SMILES string of the molecule is CCOc1ccc(Nc2ccc(C(=O)O)c(N)c2)cc1F. The number of nitrogen functional groups attached to an aromatic ring is 1. The molecule has 5 nitrogen and oxygen atoms in total. The minimum absolute atomic E-state index is 0.0263. The zero-order valence-corrected chi connectivity index (χ0v) is 11.4. The number of ether oxygens (including phenoxy) is 1. The Morgan fingerprint density at radius 3 is 2.52 bits per heavy atom. The Labute approximate surface area is 121 Å². The van der Waals surface area contributed by atoms with E-state index in [2.05, 4.69) is 5.32 Å². The third-order valence-electron chi connectivity index (χ3n) is 2.80. The van der Waals surface area contributed by atoms with E-state index >= 15 is 0 Å². The summed E-state index contributed by atoms with van der Waals surface area (Å²) in [4.78, 5) is 10.9. The van der Waals surface area contributed by atoms with Crippen LogP contribution in [0.15, 0.2) is 36.4 Å². The zero-order chi connectivity index (χ0) is 15.4. The van der Waals surface area contributed by atoms with Crippen LogP contribution in [0.3, 0.4) is 0 Å². The van der Waals surface area contributed by atoms with Crippen molar-refractivity contribution in [1.29, 1.82) is 0 Å². The van der Waals surface area contributed by atoms with Gasteiger partial charge in [0.05, 0.1) is 12.2 Å². The van der Waals surface area contributed by atoms with Crippen LogP contribution in [0.4, 0.5) is 21.5 Å². The molecule has 0 atom stereocenters. The lowest BCUT2D eigenvalue weighted by atomic mass is 10.1. The number of aromatic carboxylic acids is 1. The number of rotatable bonds is 5. The van der Waals surface area contributed by atoms with Crippen molar-refractivity contribution < 1.29 is 19.0 Å². The minimum Gasteiger partial charge on any atom is -0.491 e. The largest absolute Gasteiger partial charge is 0.491 e. The lowest BCUT2D eigenvalue weighted by molar-refractivity contribution is 0.0698. The van der Waals surface area contributed by atoms with E-state index in [1.807, 2.05) is 0 Å². The zero-order valence-electron chi connectivity index (χ0n) is 11.4. The lowest BCUT2D eigenvalue weighted by Gasteiger charge is -2.10. The maximum absolute atomic E-state index is 13.7. The highest BCUT2D eigenvalue weighted by Gasteiger charge is 2.09. The molecule has 21 heavy (non-hydrogen) atoms. The van der Waals surface area contributed by atoms with E-state index in [0.717, 1.165) is 0 Å². The highest BCUT2D eigenvalue weighted by molar-refractivity contribution is 5.94. The number of hydrogen-bond acceptors (Lipinski definition) is 4. The van der Waals surface area contributed by atoms with Gasteiger partial charge in [0, 0.05) is 23.1 Å². The van der Waals surface area contributed by atoms with Crippen LogP contribution in [0, 0.1) is 5.82 Å². The Morgan fingerprint density at radius 2 is 1.95 bits per heavy atom. The van der Waals surface area contributed by atoms with Gasteiger partial charge in [0.1, 0.15) is 0 Å². The van der Waals surface area contributed by atoms with Crippen LogP contribution in [0.5, 0.6) is 5.75 Å². The average Bonchev–Trinajstić information content (AvgIpc) is 2.41. The van der Waals surface area contributed by atoms with Crippen molar-refractivity contribution in [3.8, 4) is 5.75 Å². The molecule has 0 saturated heterocycles. The first-order valence-corrected chi connectivity index (χ1v) is 6.33. The van der Waals surface area contributed by atoms with E-state index in [0.29, 0.717) is 18.0 Å². The number of nitrogens with two attached hydrogens (primary N) is 1. The number of hydrogen-bond donors (Lipinski definition) is 3. The molecule has 0 aromatic heterocycles. The normalized spacial score (nSPS) is 10.2. The van der Waals surface area contributed by atoms with E-state index in [1.165, 1.54) is 24.3 Å². The van der Waals surface area contributed by atoms with E-state index in [9.17, 15) is 9.18 Å². The van der Waals surface area contributed by atoms with Crippen LogP contribution in [0.1, 0.15) is 17.3 Å². The maximum Gasteiger partial charge on any atom is 0.337 e. The minimum atomic E-state index is -1.09. The molecule has 0 bridgehead atoms. The van der Waals surface area contributed by atoms with Gasteiger partial charge < -0.3 is 20.9 Å². The van der Waals surface area contributed by atoms with Crippen LogP contribution in [-0.2, 0) is 0 Å². The van der Waals surface area contributed by atoms with Gasteiger partial charge in [-0.3, -0.25) is 0 Å². The second-order valence-electron chi connectivity index (χ2n) is 4.31. The molecule has 2 aromatic rings. The first-order chi connectivity index (χ1) is 10.0. The molecule has 0 heterocycles. The molecule has 0 aliphatic carbocycles. The number of carboxylic acid groups (broad SMARTS) is 1. The summed E-state index contributed by atoms with van der Waals surface area (Å²) in [7, 11) is 0. The van der Waals surface area contributed by atoms with Crippen molar-refractivity contribution in [2.45, 2.75) is 6.92 Å². The molecule has 2 rings (SSSR count). The fourth-order valence-electron chi connectivity index (χ4n) is 1.85. The Hall–Kier alpha value is -2.76. The third-order valence-corrected chi connectivity index (χ3v) is 2.80. The number of halogens is 1. The van der Waals surface area contributed by atoms with Crippen LogP contribution < -0.4 is 15.8 Å². The number of anilines is 3. The van der Waals surface area contributed by atoms with Gasteiger partial charge in [0.2, 0.25) is 0 Å². The van der Waals surface area contributed by atoms with Crippen molar-refractivity contribution in [2.24, 2.45) is 0 Å². The maximum atomic E-state index is 13.7. The summed E-state index contributed by atoms with van der Waals surface area (Å²) in [5.74, 6) is -1.38. The molecule has 4 N–H and O–H groups in total. The van der Waals surface area contributed by atoms with Gasteiger partial charge in [-0.25, -0.2) is 9.18 Å². The smallest absolute Gasteiger partial charge is 0.337 e. The highest BCUT2D eigenvalue weighted by Crippen LogP contribution is 2.25. The Bertz CT molecular complexity index is 674. The summed E-state index contributed by atoms with van der Waals surface area (Å²) in [5.41, 5.74) is 6.90. The molecule has 0 aliphatic heterocycles. The van der Waals surface area contributed by atoms with Crippen LogP contribution in [0.2, 0.25) is 0 Å². The molecule has 2 aromatic carbocycles. The van der Waals surface area contributed by atoms with Crippen molar-refractivity contribution in [3.05, 3.63) is 47.8 Å². The van der Waals surface area contributed by atoms with Crippen LogP contribution in [-0.4, -0.2) is 17.7 Å². The third kappa shape index (κ3) is 3.42. The standard InChI is InChI=1S/C15H15FN2O3/c1-2-21-14-6-4-9(7-12(14)16)18-10-3-5-11(15(19)20)13(17)8-10/h3-8,18H,2,17H2,1H3,(H,19,20). The molecule has 0 amide bonds. The van der Waals surface area contributed by atoms with Gasteiger partial charge in [0.25, 0.3) is 0 Å². The van der Waals surface area contributed by atoms with Crippen molar-refractivity contribution >= 4 is 23.0 Å². The Kier molecular flexibility index (Phi) is 4.27. The monoisotopic (exact) mass is 290 g/mol. The summed E-state index contributed by atoms with van der Waals surface area (Å²) in [5, 5.41) is 11.9. The summed E-state index contributed by atoms with van der Waals surface area (Å²) >= 11 is 0. The molecule has 0 radical (unpaired) electrons. The molecule has 0 spiro atoms. The molecular weight excluding hydrogens is 275 g/mol. The molecule has 110 valence electrons. The Morgan fingerprint density at radius 1 is 1.29 bits per heavy atom. The Balaban J connectivity index is 2.20. The van der Waals surface area contributed by atoms with Gasteiger partial charge in [-0.15, -0.1) is 0 Å². The number of carboxylic acids is 1. The van der Waals surface area contributed by atoms with Gasteiger partial charge >= 0.3 is 5.97 Å². The summed E-state index contributed by atoms with van der Waals surface area (Å²) in [6.07, 6.45) is 0. The van der Waals surface area contributed by atoms with E-state index in [1.54, 1.807) is 19.1 Å². The number of carbonyl (C=O) groups is 1. The second kappa shape index (κ2) is 6.13. The molecular formula is C15H15FN2O3. The average molecular weight is 290 g/mol. The predicted molar refractivity (Wildman–Crippen MR) is 78.7 cm³/mol. The van der Waals surface area contributed by atoms with E-state index < -0.39 is 11.8 Å². The number of benzene rings is 2. The van der Waals surface area contributed by atoms with Gasteiger partial charge in [-0.2, -0.15) is 0 Å². The molecule has 6 heteroatoms. The molecule has 0 fully saturated rings. The summed E-state index contributed by atoms with van der Waals surface area (Å²) in [6.45, 7) is 2.16. The highest BCUT2D eigenvalue weighted by atomic mass is 19.1. The summed E-state index contributed by atoms with van der Waals surface area (Å²) in [6, 6.07) is 8.93. The van der Waals surface area contributed by atoms with Gasteiger partial charge in [-0.05, 0) is 37.3 Å².